The van der Waals surface area contributed by atoms with Crippen molar-refractivity contribution in [3.05, 3.63) is 70.2 Å². The Bertz CT molecular complexity index is 788. The van der Waals surface area contributed by atoms with Crippen molar-refractivity contribution >= 4 is 23.5 Å². The number of hydrogen-bond donors (Lipinski definition) is 0. The van der Waals surface area contributed by atoms with E-state index in [9.17, 15) is 9.59 Å². The van der Waals surface area contributed by atoms with Crippen LogP contribution >= 0.6 is 11.6 Å². The zero-order valence-corrected chi connectivity index (χ0v) is 15.0. The molecule has 0 saturated carbocycles. The van der Waals surface area contributed by atoms with Gasteiger partial charge in [-0.1, -0.05) is 48.9 Å². The van der Waals surface area contributed by atoms with E-state index in [4.69, 9.17) is 16.3 Å². The third kappa shape index (κ3) is 3.40. The van der Waals surface area contributed by atoms with Crippen LogP contribution in [-0.2, 0) is 9.53 Å². The summed E-state index contributed by atoms with van der Waals surface area (Å²) in [5, 5.41) is 0.671. The predicted molar refractivity (Wildman–Crippen MR) is 96.7 cm³/mol. The van der Waals surface area contributed by atoms with Crippen molar-refractivity contribution in [1.82, 2.24) is 4.90 Å². The van der Waals surface area contributed by atoms with E-state index in [1.807, 2.05) is 49.4 Å². The quantitative estimate of drug-likeness (QED) is 0.753. The number of rotatable bonds is 5. The second kappa shape index (κ2) is 7.28. The highest BCUT2D eigenvalue weighted by atomic mass is 35.5. The standard InChI is InChI=1S/C20H20ClNO3/c1-3-25-20(24)18-16-6-4-5-7-17(16)19(23)22(18)12-13(2)14-8-10-15(21)11-9-14/h4-11,13,18H,3,12H2,1-2H3. The molecule has 0 bridgehead atoms. The summed E-state index contributed by atoms with van der Waals surface area (Å²) in [6.45, 7) is 4.51. The predicted octanol–water partition coefficient (Wildman–Crippen LogP) is 4.20. The molecule has 2 unspecified atom stereocenters. The molecule has 0 N–H and O–H groups in total. The highest BCUT2D eigenvalue weighted by molar-refractivity contribution is 6.30. The van der Waals surface area contributed by atoms with Gasteiger partial charge in [0.05, 0.1) is 6.61 Å². The average molecular weight is 358 g/mol. The number of carbonyl (C=O) groups is 2. The molecule has 3 rings (SSSR count). The number of halogens is 1. The van der Waals surface area contributed by atoms with Crippen molar-refractivity contribution in [2.24, 2.45) is 0 Å². The molecule has 5 heteroatoms. The highest BCUT2D eigenvalue weighted by Crippen LogP contribution is 2.36. The number of amides is 1. The van der Waals surface area contributed by atoms with Gasteiger partial charge in [0.15, 0.2) is 6.04 Å². The summed E-state index contributed by atoms with van der Waals surface area (Å²) < 4.78 is 5.21. The van der Waals surface area contributed by atoms with E-state index in [0.717, 1.165) is 5.56 Å². The van der Waals surface area contributed by atoms with Crippen molar-refractivity contribution in [2.45, 2.75) is 25.8 Å². The van der Waals surface area contributed by atoms with Gasteiger partial charge in [0, 0.05) is 17.1 Å². The Balaban J connectivity index is 1.89. The van der Waals surface area contributed by atoms with Crippen LogP contribution in [0.5, 0.6) is 0 Å². The van der Waals surface area contributed by atoms with Crippen LogP contribution in [0.1, 0.15) is 47.3 Å². The number of carbonyl (C=O) groups excluding carboxylic acids is 2. The average Bonchev–Trinajstić information content (AvgIpc) is 2.88. The van der Waals surface area contributed by atoms with Gasteiger partial charge in [-0.3, -0.25) is 4.79 Å². The minimum atomic E-state index is -0.682. The third-order valence-electron chi connectivity index (χ3n) is 4.48. The fourth-order valence-electron chi connectivity index (χ4n) is 3.23. The smallest absolute Gasteiger partial charge is 0.333 e. The Morgan fingerprint density at radius 2 is 1.88 bits per heavy atom. The molecule has 1 aliphatic rings. The Hall–Kier alpha value is -2.33. The van der Waals surface area contributed by atoms with Crippen LogP contribution in [0.3, 0.4) is 0 Å². The number of ether oxygens (including phenoxy) is 1. The van der Waals surface area contributed by atoms with Crippen LogP contribution in [0.2, 0.25) is 5.02 Å². The first-order chi connectivity index (χ1) is 12.0. The Labute approximate surface area is 152 Å². The summed E-state index contributed by atoms with van der Waals surface area (Å²) in [5.74, 6) is -0.453. The summed E-state index contributed by atoms with van der Waals surface area (Å²) in [6.07, 6.45) is 0. The molecule has 0 spiro atoms. The minimum absolute atomic E-state index is 0.0625. The van der Waals surface area contributed by atoms with Gasteiger partial charge in [0.25, 0.3) is 5.91 Å². The molecule has 0 radical (unpaired) electrons. The second-order valence-electron chi connectivity index (χ2n) is 6.15. The van der Waals surface area contributed by atoms with Crippen LogP contribution in [0.15, 0.2) is 48.5 Å². The fraction of sp³-hybridized carbons (Fsp3) is 0.300. The zero-order valence-electron chi connectivity index (χ0n) is 14.2. The first-order valence-corrected chi connectivity index (χ1v) is 8.72. The summed E-state index contributed by atoms with van der Waals surface area (Å²) in [7, 11) is 0. The van der Waals surface area contributed by atoms with Crippen LogP contribution in [0, 0.1) is 0 Å². The highest BCUT2D eigenvalue weighted by Gasteiger charge is 2.42. The molecule has 2 atom stereocenters. The van der Waals surface area contributed by atoms with Gasteiger partial charge in [-0.2, -0.15) is 0 Å². The van der Waals surface area contributed by atoms with Crippen molar-refractivity contribution in [3.8, 4) is 0 Å². The lowest BCUT2D eigenvalue weighted by Crippen LogP contribution is -2.36. The monoisotopic (exact) mass is 357 g/mol. The topological polar surface area (TPSA) is 46.6 Å². The van der Waals surface area contributed by atoms with Gasteiger partial charge in [0.2, 0.25) is 0 Å². The second-order valence-corrected chi connectivity index (χ2v) is 6.59. The molecule has 0 aliphatic carbocycles. The largest absolute Gasteiger partial charge is 0.464 e. The maximum atomic E-state index is 12.8. The van der Waals surface area contributed by atoms with E-state index < -0.39 is 6.04 Å². The number of fused-ring (bicyclic) bond motifs is 1. The summed E-state index contributed by atoms with van der Waals surface area (Å²) in [4.78, 5) is 26.9. The van der Waals surface area contributed by atoms with E-state index in [1.54, 1.807) is 17.9 Å². The minimum Gasteiger partial charge on any atom is -0.464 e. The van der Waals surface area contributed by atoms with Crippen LogP contribution in [0.25, 0.3) is 0 Å². The van der Waals surface area contributed by atoms with Gasteiger partial charge >= 0.3 is 5.97 Å². The number of hydrogen-bond acceptors (Lipinski definition) is 3. The van der Waals surface area contributed by atoms with Crippen molar-refractivity contribution < 1.29 is 14.3 Å². The van der Waals surface area contributed by atoms with Crippen LogP contribution in [-0.4, -0.2) is 29.9 Å². The molecule has 0 aromatic heterocycles. The normalized spacial score (nSPS) is 17.3. The Morgan fingerprint density at radius 3 is 2.56 bits per heavy atom. The summed E-state index contributed by atoms with van der Waals surface area (Å²) in [6, 6.07) is 14.1. The number of nitrogens with zero attached hydrogens (tertiary/aromatic N) is 1. The van der Waals surface area contributed by atoms with Gasteiger partial charge < -0.3 is 9.64 Å². The lowest BCUT2D eigenvalue weighted by atomic mass is 10.00. The van der Waals surface area contributed by atoms with E-state index >= 15 is 0 Å². The number of benzene rings is 2. The maximum Gasteiger partial charge on any atom is 0.333 e. The summed E-state index contributed by atoms with van der Waals surface area (Å²) in [5.41, 5.74) is 2.36. The van der Waals surface area contributed by atoms with E-state index in [-0.39, 0.29) is 24.4 Å². The first kappa shape index (κ1) is 17.5. The molecular formula is C20H20ClNO3. The van der Waals surface area contributed by atoms with Gasteiger partial charge in [0.1, 0.15) is 0 Å². The van der Waals surface area contributed by atoms with Crippen LogP contribution < -0.4 is 0 Å². The van der Waals surface area contributed by atoms with Gasteiger partial charge in [-0.05, 0) is 42.2 Å². The first-order valence-electron chi connectivity index (χ1n) is 8.35. The molecule has 0 fully saturated rings. The van der Waals surface area contributed by atoms with Gasteiger partial charge in [-0.15, -0.1) is 0 Å². The van der Waals surface area contributed by atoms with Gasteiger partial charge in [-0.25, -0.2) is 4.79 Å². The molecular weight excluding hydrogens is 338 g/mol. The Kier molecular flexibility index (Phi) is 5.09. The van der Waals surface area contributed by atoms with E-state index in [2.05, 4.69) is 0 Å². The lowest BCUT2D eigenvalue weighted by Gasteiger charge is -2.27. The molecule has 4 nitrogen and oxygen atoms in total. The molecule has 1 aliphatic heterocycles. The van der Waals surface area contributed by atoms with Crippen molar-refractivity contribution in [1.29, 1.82) is 0 Å². The van der Waals surface area contributed by atoms with E-state index in [1.165, 1.54) is 0 Å². The Morgan fingerprint density at radius 1 is 1.20 bits per heavy atom. The van der Waals surface area contributed by atoms with Crippen molar-refractivity contribution in [2.75, 3.05) is 13.2 Å². The molecule has 1 heterocycles. The molecule has 2 aromatic carbocycles. The fourth-order valence-corrected chi connectivity index (χ4v) is 3.35. The lowest BCUT2D eigenvalue weighted by molar-refractivity contribution is -0.148. The zero-order chi connectivity index (χ0) is 18.0. The molecule has 2 aromatic rings. The molecule has 25 heavy (non-hydrogen) atoms. The molecule has 130 valence electrons. The van der Waals surface area contributed by atoms with Crippen molar-refractivity contribution in [3.63, 3.8) is 0 Å². The molecule has 0 saturated heterocycles. The third-order valence-corrected chi connectivity index (χ3v) is 4.73. The SMILES string of the molecule is CCOC(=O)C1c2ccccc2C(=O)N1CC(C)c1ccc(Cl)cc1. The van der Waals surface area contributed by atoms with Crippen LogP contribution in [0.4, 0.5) is 0 Å². The molecule has 1 amide bonds. The van der Waals surface area contributed by atoms with E-state index in [0.29, 0.717) is 22.7 Å². The summed E-state index contributed by atoms with van der Waals surface area (Å²) >= 11 is 5.94. The number of esters is 1. The maximum absolute atomic E-state index is 12.8.